The summed E-state index contributed by atoms with van der Waals surface area (Å²) in [5, 5.41) is 6.06. The SMILES string of the molecule is CCc1ccccc1C1=CC(C)[C-]=C1C.CCc1ccccc1C1=CC(C)[C-]=C1C.CCc1ccccc1C1=CC(C)[C-]=C1C.CCc1ccccc1C1=CC(C)[C-]=C1C.[Cl-].[Cl-].[Zr+2]=[Si](c1ccccc1)c1ccccc1.[Zr+2]=[Si](c1ccccc1)c1ccccc1. The van der Waals surface area contributed by atoms with Crippen LogP contribution in [-0.4, -0.2) is 10.9 Å². The predicted molar refractivity (Wildman–Crippen MR) is 377 cm³/mol. The van der Waals surface area contributed by atoms with Crippen LogP contribution in [0.15, 0.2) is 265 Å². The Morgan fingerprint density at radius 1 is 0.278 bits per heavy atom. The molecule has 0 aromatic heterocycles. The summed E-state index contributed by atoms with van der Waals surface area (Å²) in [4.78, 5) is 0. The molecule has 0 saturated carbocycles. The van der Waals surface area contributed by atoms with E-state index in [4.69, 9.17) is 0 Å². The molecule has 8 aromatic rings. The summed E-state index contributed by atoms with van der Waals surface area (Å²) < 4.78 is 0. The maximum absolute atomic E-state index is 3.44. The Morgan fingerprint density at radius 2 is 0.444 bits per heavy atom. The molecular formula is C84H88Cl2Si2Zr2-2. The zero-order chi connectivity index (χ0) is 63.0. The third-order valence-corrected chi connectivity index (χ3v) is 28.2. The minimum absolute atomic E-state index is 0. The van der Waals surface area contributed by atoms with E-state index in [0.717, 1.165) is 25.7 Å². The quantitative estimate of drug-likeness (QED) is 0.0845. The van der Waals surface area contributed by atoms with Gasteiger partial charge >= 0.3 is 200 Å². The van der Waals surface area contributed by atoms with Crippen molar-refractivity contribution in [2.75, 3.05) is 0 Å². The minimum atomic E-state index is -0.455. The standard InChI is InChI=1S/4C15H17.2C12H10Si.2ClH.2Zr/c4*1-4-13-7-5-6-8-14(13)15-10-11(2)9-12(15)3;2*1-3-7-11(8-4-1)13-12-9-5-2-6-10-12;;;;/h4*5-8,10-11H,4H2,1-3H3;2*1-10H;2*1H;;/q4*-1;;;;;2*+2/p-2. The first kappa shape index (κ1) is 75.2. The van der Waals surface area contributed by atoms with Crippen LogP contribution < -0.4 is 45.6 Å². The Balaban J connectivity index is 0.000000196. The van der Waals surface area contributed by atoms with Crippen LogP contribution in [-0.2, 0) is 72.4 Å². The molecule has 0 aliphatic heterocycles. The molecule has 4 atom stereocenters. The van der Waals surface area contributed by atoms with Crippen molar-refractivity contribution >= 4 is 53.9 Å². The van der Waals surface area contributed by atoms with Gasteiger partial charge in [-0.1, -0.05) is 248 Å². The summed E-state index contributed by atoms with van der Waals surface area (Å²) in [6.45, 7) is 26.2. The Bertz CT molecular complexity index is 3360. The molecule has 0 radical (unpaired) electrons. The summed E-state index contributed by atoms with van der Waals surface area (Å²) in [6, 6.07) is 78.0. The van der Waals surface area contributed by atoms with Crippen LogP contribution in [0.4, 0.5) is 0 Å². The fourth-order valence-corrected chi connectivity index (χ4v) is 19.3. The normalized spacial score (nSPS) is 16.4. The van der Waals surface area contributed by atoms with Crippen molar-refractivity contribution in [2.45, 2.75) is 109 Å². The van der Waals surface area contributed by atoms with Gasteiger partial charge in [0.1, 0.15) is 0 Å². The van der Waals surface area contributed by atoms with E-state index in [1.165, 1.54) is 110 Å². The van der Waals surface area contributed by atoms with Gasteiger partial charge in [-0.05, 0) is 25.7 Å². The van der Waals surface area contributed by atoms with Crippen LogP contribution in [0.5, 0.6) is 0 Å². The van der Waals surface area contributed by atoms with Crippen LogP contribution in [0.3, 0.4) is 0 Å². The Hall–Kier alpha value is -5.54. The second kappa shape index (κ2) is 39.1. The van der Waals surface area contributed by atoms with E-state index in [1.807, 2.05) is 0 Å². The Morgan fingerprint density at radius 3 is 0.600 bits per heavy atom. The van der Waals surface area contributed by atoms with E-state index in [9.17, 15) is 0 Å². The zero-order valence-electron chi connectivity index (χ0n) is 55.0. The molecule has 0 spiro atoms. The van der Waals surface area contributed by atoms with Crippen molar-refractivity contribution in [3.63, 3.8) is 0 Å². The number of aryl methyl sites for hydroxylation is 4. The molecular weight excluding hydrogens is 1320 g/mol. The fraction of sp³-hybridized carbons (Fsp3) is 0.238. The van der Waals surface area contributed by atoms with E-state index in [0.29, 0.717) is 23.7 Å². The van der Waals surface area contributed by atoms with Crippen LogP contribution >= 0.6 is 0 Å². The van der Waals surface area contributed by atoms with Gasteiger partial charge < -0.3 is 24.8 Å². The average molecular weight is 1410 g/mol. The first-order valence-electron chi connectivity index (χ1n) is 31.6. The van der Waals surface area contributed by atoms with E-state index >= 15 is 0 Å². The molecule has 8 aromatic carbocycles. The molecule has 0 amide bonds. The number of benzene rings is 8. The van der Waals surface area contributed by atoms with Gasteiger partial charge in [0.25, 0.3) is 0 Å². The van der Waals surface area contributed by atoms with Crippen molar-refractivity contribution < 1.29 is 71.5 Å². The monoisotopic (exact) mass is 1400 g/mol. The topological polar surface area (TPSA) is 0 Å². The first-order valence-corrected chi connectivity index (χ1v) is 42.0. The Kier molecular flexibility index (Phi) is 32.7. The molecule has 0 bridgehead atoms. The molecule has 0 saturated heterocycles. The van der Waals surface area contributed by atoms with Crippen molar-refractivity contribution in [2.24, 2.45) is 23.7 Å². The number of hydrogen-bond acceptors (Lipinski definition) is 0. The van der Waals surface area contributed by atoms with E-state index in [2.05, 4.69) is 350 Å². The molecule has 456 valence electrons. The number of allylic oxidation sites excluding steroid dienone is 16. The molecule has 0 heterocycles. The third-order valence-electron chi connectivity index (χ3n) is 16.1. The molecule has 4 unspecified atom stereocenters. The van der Waals surface area contributed by atoms with Crippen molar-refractivity contribution in [1.29, 1.82) is 0 Å². The maximum atomic E-state index is 3.44. The van der Waals surface area contributed by atoms with Gasteiger partial charge in [0.2, 0.25) is 0 Å². The van der Waals surface area contributed by atoms with Crippen molar-refractivity contribution in [3.05, 3.63) is 334 Å². The molecule has 4 aliphatic carbocycles. The van der Waals surface area contributed by atoms with Gasteiger partial charge in [0.05, 0.1) is 0 Å². The average Bonchev–Trinajstić information content (AvgIpc) is 3.39. The van der Waals surface area contributed by atoms with E-state index in [1.54, 1.807) is 46.7 Å². The number of halogens is 2. The predicted octanol–water partition coefficient (Wildman–Crippen LogP) is 12.8. The van der Waals surface area contributed by atoms with Gasteiger partial charge in [-0.3, -0.25) is 24.3 Å². The molecule has 0 nitrogen and oxygen atoms in total. The summed E-state index contributed by atoms with van der Waals surface area (Å²) in [5.41, 5.74) is 21.0. The number of rotatable bonds is 12. The second-order valence-corrected chi connectivity index (χ2v) is 34.0. The van der Waals surface area contributed by atoms with Crippen molar-refractivity contribution in [1.82, 2.24) is 0 Å². The van der Waals surface area contributed by atoms with E-state index in [-0.39, 0.29) is 24.8 Å². The number of hydrogen-bond donors (Lipinski definition) is 0. The molecule has 4 aliphatic rings. The van der Waals surface area contributed by atoms with Crippen molar-refractivity contribution in [3.8, 4) is 0 Å². The Labute approximate surface area is 586 Å². The van der Waals surface area contributed by atoms with Crippen LogP contribution in [0.25, 0.3) is 22.3 Å². The first-order chi connectivity index (χ1) is 42.6. The molecule has 12 rings (SSSR count). The van der Waals surface area contributed by atoms with Crippen LogP contribution in [0.2, 0.25) is 0 Å². The van der Waals surface area contributed by atoms with Gasteiger partial charge in [-0.15, -0.1) is 0 Å². The van der Waals surface area contributed by atoms with Crippen LogP contribution in [0.1, 0.15) is 128 Å². The fourth-order valence-electron chi connectivity index (χ4n) is 11.6. The molecule has 0 N–H and O–H groups in total. The third kappa shape index (κ3) is 21.8. The summed E-state index contributed by atoms with van der Waals surface area (Å²) in [7, 11) is 0. The van der Waals surface area contributed by atoms with Gasteiger partial charge in [0.15, 0.2) is 0 Å². The molecule has 90 heavy (non-hydrogen) atoms. The zero-order valence-corrected chi connectivity index (χ0v) is 63.4. The summed E-state index contributed by atoms with van der Waals surface area (Å²) >= 11 is 3.29. The summed E-state index contributed by atoms with van der Waals surface area (Å²) in [6.07, 6.45) is 27.4. The van der Waals surface area contributed by atoms with E-state index < -0.39 is 10.9 Å². The second-order valence-electron chi connectivity index (χ2n) is 22.8. The molecule has 6 heteroatoms. The van der Waals surface area contributed by atoms with Crippen LogP contribution in [0, 0.1) is 48.0 Å². The van der Waals surface area contributed by atoms with Gasteiger partial charge in [0, 0.05) is 0 Å². The van der Waals surface area contributed by atoms with Gasteiger partial charge in [-0.2, -0.15) is 46.6 Å². The van der Waals surface area contributed by atoms with Gasteiger partial charge in [-0.25, -0.2) is 22.3 Å². The summed E-state index contributed by atoms with van der Waals surface area (Å²) in [5.74, 6) is 1.85. The molecule has 0 fully saturated rings.